The smallest absolute Gasteiger partial charge is 0.245 e. The summed E-state index contributed by atoms with van der Waals surface area (Å²) in [5.41, 5.74) is 2.32. The topological polar surface area (TPSA) is 159 Å². The molecular formula is C43H60F2N10O4. The molecule has 2 aromatic heterocycles. The van der Waals surface area contributed by atoms with Crippen molar-refractivity contribution in [3.05, 3.63) is 59.7 Å². The summed E-state index contributed by atoms with van der Waals surface area (Å²) in [5.74, 6) is -0.755. The van der Waals surface area contributed by atoms with Gasteiger partial charge in [0, 0.05) is 50.4 Å². The van der Waals surface area contributed by atoms with Crippen molar-refractivity contribution in [1.29, 1.82) is 0 Å². The minimum atomic E-state index is -0.710. The van der Waals surface area contributed by atoms with Crippen molar-refractivity contribution in [2.75, 3.05) is 27.2 Å². The number of rotatable bonds is 16. The summed E-state index contributed by atoms with van der Waals surface area (Å²) in [4.78, 5) is 67.6. The Labute approximate surface area is 344 Å². The third-order valence-electron chi connectivity index (χ3n) is 12.1. The number of nitrogens with zero attached hydrogens (tertiary/aromatic N) is 6. The van der Waals surface area contributed by atoms with Crippen LogP contribution in [0.1, 0.15) is 78.9 Å². The van der Waals surface area contributed by atoms with Gasteiger partial charge in [0.25, 0.3) is 0 Å². The second kappa shape index (κ2) is 18.5. The molecule has 0 bridgehead atoms. The van der Waals surface area contributed by atoms with E-state index in [1.807, 2.05) is 46.6 Å². The first kappa shape index (κ1) is 43.6. The molecule has 6 rings (SSSR count). The van der Waals surface area contributed by atoms with Gasteiger partial charge in [-0.2, -0.15) is 0 Å². The number of amides is 4. The van der Waals surface area contributed by atoms with E-state index in [9.17, 15) is 28.0 Å². The Hall–Kier alpha value is -4.96. The third kappa shape index (κ3) is 9.43. The maximum absolute atomic E-state index is 14.7. The first-order valence-electron chi connectivity index (χ1n) is 21.0. The van der Waals surface area contributed by atoms with Crippen LogP contribution in [-0.2, 0) is 38.7 Å². The minimum absolute atomic E-state index is 0.147. The van der Waals surface area contributed by atoms with Crippen molar-refractivity contribution in [3.63, 3.8) is 0 Å². The highest BCUT2D eigenvalue weighted by Gasteiger charge is 2.38. The number of aromatic nitrogens is 4. The number of benzene rings is 2. The highest BCUT2D eigenvalue weighted by Crippen LogP contribution is 2.29. The zero-order valence-corrected chi connectivity index (χ0v) is 35.5. The molecule has 2 saturated heterocycles. The van der Waals surface area contributed by atoms with Crippen molar-refractivity contribution in [2.24, 2.45) is 11.8 Å². The van der Waals surface area contributed by atoms with Gasteiger partial charge in [-0.05, 0) is 89.7 Å². The van der Waals surface area contributed by atoms with Gasteiger partial charge in [0.2, 0.25) is 23.6 Å². The van der Waals surface area contributed by atoms with E-state index in [0.717, 1.165) is 25.7 Å². The summed E-state index contributed by atoms with van der Waals surface area (Å²) in [6, 6.07) is 6.17. The van der Waals surface area contributed by atoms with Gasteiger partial charge in [-0.1, -0.05) is 27.7 Å². The Morgan fingerprint density at radius 1 is 0.661 bits per heavy atom. The van der Waals surface area contributed by atoms with Crippen molar-refractivity contribution >= 4 is 45.7 Å². The molecule has 4 N–H and O–H groups in total. The average molecular weight is 819 g/mol. The fourth-order valence-corrected chi connectivity index (χ4v) is 8.38. The first-order chi connectivity index (χ1) is 28.1. The molecule has 2 aromatic carbocycles. The van der Waals surface area contributed by atoms with Crippen LogP contribution in [0.2, 0.25) is 0 Å². The minimum Gasteiger partial charge on any atom is -0.343 e. The second-order valence-electron chi connectivity index (χ2n) is 16.9. The maximum atomic E-state index is 14.7. The van der Waals surface area contributed by atoms with Gasteiger partial charge in [0.05, 0.1) is 40.6 Å². The van der Waals surface area contributed by atoms with Crippen LogP contribution in [0.4, 0.5) is 8.78 Å². The molecule has 4 aromatic rings. The summed E-state index contributed by atoms with van der Waals surface area (Å²) >= 11 is 0. The lowest BCUT2D eigenvalue weighted by atomic mass is 10.0. The zero-order valence-electron chi connectivity index (χ0n) is 35.5. The van der Waals surface area contributed by atoms with E-state index in [0.29, 0.717) is 59.9 Å². The summed E-state index contributed by atoms with van der Waals surface area (Å²) < 4.78 is 33.4. The molecule has 4 heterocycles. The van der Waals surface area contributed by atoms with Crippen LogP contribution in [0.5, 0.6) is 0 Å². The highest BCUT2D eigenvalue weighted by molar-refractivity contribution is 5.91. The van der Waals surface area contributed by atoms with Gasteiger partial charge in [-0.25, -0.2) is 18.7 Å². The number of hydrogen-bond donors (Lipinski definition) is 4. The first-order valence-corrected chi connectivity index (χ1v) is 21.0. The lowest BCUT2D eigenvalue weighted by Crippen LogP contribution is -2.55. The van der Waals surface area contributed by atoms with Gasteiger partial charge in [-0.3, -0.25) is 19.2 Å². The predicted octanol–water partition coefficient (Wildman–Crippen LogP) is 3.73. The van der Waals surface area contributed by atoms with Gasteiger partial charge in [0.1, 0.15) is 35.4 Å². The zero-order chi connectivity index (χ0) is 42.7. The normalized spacial score (nSPS) is 19.2. The number of carbonyl (C=O) groups excluding carboxylic acids is 4. The second-order valence-corrected chi connectivity index (χ2v) is 16.9. The maximum Gasteiger partial charge on any atom is 0.245 e. The SMILES string of the molecule is CN[C@H](C)C(=O)N[C@@H](C(=O)N1CCC[C@H]1Cn1c(Cc2nc3cc(F)ccc3n2C[C@@H]2CCCN2C(=O)[C@H](NC(=O)[C@@H](C)NC)C(C)C)nc2cc(F)ccc21)C(C)C. The number of halogens is 2. The van der Waals surface area contributed by atoms with Gasteiger partial charge < -0.3 is 40.2 Å². The third-order valence-corrected chi connectivity index (χ3v) is 12.1. The van der Waals surface area contributed by atoms with E-state index in [-0.39, 0.29) is 54.0 Å². The molecule has 59 heavy (non-hydrogen) atoms. The van der Waals surface area contributed by atoms with Crippen LogP contribution in [0.3, 0.4) is 0 Å². The summed E-state index contributed by atoms with van der Waals surface area (Å²) in [5, 5.41) is 11.8. The molecule has 320 valence electrons. The van der Waals surface area contributed by atoms with E-state index >= 15 is 0 Å². The van der Waals surface area contributed by atoms with Crippen molar-refractivity contribution in [2.45, 2.75) is 123 Å². The highest BCUT2D eigenvalue weighted by atomic mass is 19.1. The molecule has 16 heteroatoms. The molecule has 0 aliphatic carbocycles. The summed E-state index contributed by atoms with van der Waals surface area (Å²) in [6.45, 7) is 13.0. The van der Waals surface area contributed by atoms with E-state index in [1.54, 1.807) is 40.1 Å². The number of likely N-dealkylation sites (N-methyl/N-ethyl adjacent to an activating group) is 2. The van der Waals surface area contributed by atoms with Crippen LogP contribution in [0.15, 0.2) is 36.4 Å². The van der Waals surface area contributed by atoms with Crippen LogP contribution in [-0.4, -0.2) is 116 Å². The predicted molar refractivity (Wildman–Crippen MR) is 222 cm³/mol. The number of fused-ring (bicyclic) bond motifs is 2. The van der Waals surface area contributed by atoms with E-state index in [4.69, 9.17) is 9.97 Å². The van der Waals surface area contributed by atoms with Crippen LogP contribution < -0.4 is 21.3 Å². The number of likely N-dealkylation sites (tertiary alicyclic amines) is 2. The quantitative estimate of drug-likeness (QED) is 0.133. The lowest BCUT2D eigenvalue weighted by molar-refractivity contribution is -0.139. The molecule has 2 aliphatic heterocycles. The number of hydrogen-bond acceptors (Lipinski definition) is 8. The van der Waals surface area contributed by atoms with E-state index in [1.165, 1.54) is 24.3 Å². The van der Waals surface area contributed by atoms with Crippen molar-refractivity contribution < 1.29 is 28.0 Å². The number of nitrogens with one attached hydrogen (secondary N) is 4. The molecule has 0 unspecified atom stereocenters. The fraction of sp³-hybridized carbons (Fsp3) is 0.581. The Kier molecular flexibility index (Phi) is 13.7. The Morgan fingerprint density at radius 3 is 1.41 bits per heavy atom. The summed E-state index contributed by atoms with van der Waals surface area (Å²) in [6.07, 6.45) is 3.23. The van der Waals surface area contributed by atoms with Gasteiger partial charge in [0.15, 0.2) is 0 Å². The molecule has 4 amide bonds. The Bertz CT molecular complexity index is 2020. The van der Waals surface area contributed by atoms with Crippen molar-refractivity contribution in [1.82, 2.24) is 50.2 Å². The summed E-state index contributed by atoms with van der Waals surface area (Å²) in [7, 11) is 3.39. The molecule has 6 atom stereocenters. The standard InChI is InChI=1S/C43H60F2N10O4/c1-24(2)38(50-40(56)26(5)46-7)42(58)52-17-9-11-30(52)22-54-34-15-13-28(44)19-32(34)48-36(54)21-37-49-33-20-29(45)14-16-35(33)55(37)23-31-12-10-18-53(31)43(59)39(25(3)4)51-41(57)27(6)47-8/h13-16,19-20,24-27,30-31,38-39,46-47H,9-12,17-18,21-23H2,1-8H3,(H,50,56)(H,51,57)/t26-,27-,30+,31+,38-,39-/m1/s1. The Morgan fingerprint density at radius 2 is 1.05 bits per heavy atom. The van der Waals surface area contributed by atoms with Crippen LogP contribution >= 0.6 is 0 Å². The van der Waals surface area contributed by atoms with E-state index in [2.05, 4.69) is 21.3 Å². The Balaban J connectivity index is 1.32. The molecule has 0 radical (unpaired) electrons. The average Bonchev–Trinajstić information content (AvgIpc) is 4.01. The number of imidazole rings is 2. The lowest BCUT2D eigenvalue weighted by Gasteiger charge is -2.32. The fourth-order valence-electron chi connectivity index (χ4n) is 8.38. The van der Waals surface area contributed by atoms with Crippen LogP contribution in [0, 0.1) is 23.5 Å². The largest absolute Gasteiger partial charge is 0.343 e. The van der Waals surface area contributed by atoms with Crippen LogP contribution in [0.25, 0.3) is 22.1 Å². The van der Waals surface area contributed by atoms with Gasteiger partial charge >= 0.3 is 0 Å². The van der Waals surface area contributed by atoms with E-state index < -0.39 is 35.8 Å². The molecule has 2 fully saturated rings. The monoisotopic (exact) mass is 818 g/mol. The molecule has 2 aliphatic rings. The van der Waals surface area contributed by atoms with Crippen molar-refractivity contribution in [3.8, 4) is 0 Å². The molecular weight excluding hydrogens is 759 g/mol. The van der Waals surface area contributed by atoms with Gasteiger partial charge in [-0.15, -0.1) is 0 Å². The molecule has 0 spiro atoms. The molecule has 14 nitrogen and oxygen atoms in total. The number of carbonyl (C=O) groups is 4. The molecule has 0 saturated carbocycles.